The molecule has 0 atom stereocenters. The first-order valence-electron chi connectivity index (χ1n) is 7.17. The van der Waals surface area contributed by atoms with Gasteiger partial charge in [0.1, 0.15) is 5.69 Å². The third-order valence-electron chi connectivity index (χ3n) is 4.03. The van der Waals surface area contributed by atoms with E-state index in [1.54, 1.807) is 0 Å². The fourth-order valence-corrected chi connectivity index (χ4v) is 3.21. The molecule has 0 saturated carbocycles. The largest absolute Gasteiger partial charge is 0.292 e. The van der Waals surface area contributed by atoms with Crippen molar-refractivity contribution in [1.29, 1.82) is 0 Å². The van der Waals surface area contributed by atoms with Crippen molar-refractivity contribution in [2.45, 2.75) is 40.0 Å². The van der Waals surface area contributed by atoms with Gasteiger partial charge in [0.2, 0.25) is 0 Å². The number of pyridine rings is 1. The maximum Gasteiger partial charge on any atom is 0.181 e. The molecule has 0 fully saturated rings. The molecule has 20 heavy (non-hydrogen) atoms. The van der Waals surface area contributed by atoms with Gasteiger partial charge in [0.05, 0.1) is 5.69 Å². The summed E-state index contributed by atoms with van der Waals surface area (Å²) in [5, 5.41) is 0. The van der Waals surface area contributed by atoms with Gasteiger partial charge < -0.3 is 0 Å². The van der Waals surface area contributed by atoms with E-state index in [9.17, 15) is 4.79 Å². The lowest BCUT2D eigenvalue weighted by Crippen LogP contribution is -2.13. The van der Waals surface area contributed by atoms with Gasteiger partial charge in [-0.3, -0.25) is 4.79 Å². The van der Waals surface area contributed by atoms with Crippen LogP contribution in [0.15, 0.2) is 24.3 Å². The monoisotopic (exact) mass is 265 g/mol. The van der Waals surface area contributed by atoms with Crippen LogP contribution < -0.4 is 0 Å². The van der Waals surface area contributed by atoms with Gasteiger partial charge in [0.15, 0.2) is 5.78 Å². The molecule has 0 bridgehead atoms. The maximum atomic E-state index is 12.0. The zero-order chi connectivity index (χ0) is 14.3. The highest BCUT2D eigenvalue weighted by Gasteiger charge is 2.20. The third kappa shape index (κ3) is 2.15. The lowest BCUT2D eigenvalue weighted by Gasteiger charge is -2.16. The lowest BCUT2D eigenvalue weighted by molar-refractivity contribution is 0.0967. The highest BCUT2D eigenvalue weighted by Crippen LogP contribution is 2.29. The number of aromatic nitrogens is 1. The molecule has 102 valence electrons. The summed E-state index contributed by atoms with van der Waals surface area (Å²) in [4.78, 5) is 16.7. The Labute approximate surface area is 119 Å². The number of aryl methyl sites for hydroxylation is 4. The van der Waals surface area contributed by atoms with E-state index < -0.39 is 0 Å². The van der Waals surface area contributed by atoms with Gasteiger partial charge in [0.25, 0.3) is 0 Å². The molecule has 1 aromatic carbocycles. The summed E-state index contributed by atoms with van der Waals surface area (Å²) in [6.45, 7) is 6.32. The fraction of sp³-hybridized carbons (Fsp3) is 0.333. The molecule has 0 N–H and O–H groups in total. The highest BCUT2D eigenvalue weighted by molar-refractivity contribution is 5.97. The molecule has 0 aliphatic heterocycles. The van der Waals surface area contributed by atoms with Gasteiger partial charge in [-0.05, 0) is 56.4 Å². The Hall–Kier alpha value is -1.96. The normalized spacial score (nSPS) is 14.2. The molecule has 0 radical (unpaired) electrons. The van der Waals surface area contributed by atoms with Crippen LogP contribution in [0.1, 0.15) is 45.6 Å². The van der Waals surface area contributed by atoms with Crippen LogP contribution in [-0.4, -0.2) is 10.8 Å². The van der Waals surface area contributed by atoms with Crippen LogP contribution in [0.3, 0.4) is 0 Å². The van der Waals surface area contributed by atoms with Crippen molar-refractivity contribution < 1.29 is 4.79 Å². The highest BCUT2D eigenvalue weighted by atomic mass is 16.1. The number of Topliss-reactive ketones (excluding diaryl/α,β-unsaturated/α-hetero) is 1. The number of benzene rings is 1. The van der Waals surface area contributed by atoms with Crippen molar-refractivity contribution in [2.75, 3.05) is 0 Å². The number of carbonyl (C=O) groups excluding carboxylic acids is 1. The van der Waals surface area contributed by atoms with Crippen LogP contribution in [0.5, 0.6) is 0 Å². The number of fused-ring (bicyclic) bond motifs is 1. The average Bonchev–Trinajstić information content (AvgIpc) is 2.38. The summed E-state index contributed by atoms with van der Waals surface area (Å²) >= 11 is 0. The first-order valence-corrected chi connectivity index (χ1v) is 7.17. The molecule has 2 heteroatoms. The average molecular weight is 265 g/mol. The minimum Gasteiger partial charge on any atom is -0.292 e. The summed E-state index contributed by atoms with van der Waals surface area (Å²) in [6, 6.07) is 8.48. The van der Waals surface area contributed by atoms with Crippen molar-refractivity contribution in [3.05, 3.63) is 52.2 Å². The smallest absolute Gasteiger partial charge is 0.181 e. The molecule has 1 aliphatic rings. The molecule has 0 spiro atoms. The van der Waals surface area contributed by atoms with Crippen molar-refractivity contribution in [3.8, 4) is 11.3 Å². The Balaban J connectivity index is 2.17. The molecule has 2 aromatic rings. The maximum absolute atomic E-state index is 12.0. The molecular weight excluding hydrogens is 246 g/mol. The summed E-state index contributed by atoms with van der Waals surface area (Å²) in [6.07, 6.45) is 2.56. The topological polar surface area (TPSA) is 30.0 Å². The van der Waals surface area contributed by atoms with E-state index in [0.717, 1.165) is 29.7 Å². The molecule has 1 heterocycles. The van der Waals surface area contributed by atoms with Crippen LogP contribution in [0.2, 0.25) is 0 Å². The molecule has 0 unspecified atom stereocenters. The predicted molar refractivity (Wildman–Crippen MR) is 81.2 cm³/mol. The summed E-state index contributed by atoms with van der Waals surface area (Å²) < 4.78 is 0. The molecule has 1 aliphatic carbocycles. The molecule has 0 amide bonds. The number of hydrogen-bond donors (Lipinski definition) is 0. The second-order valence-electron chi connectivity index (χ2n) is 5.75. The number of ketones is 1. The van der Waals surface area contributed by atoms with E-state index in [1.807, 2.05) is 0 Å². The van der Waals surface area contributed by atoms with Gasteiger partial charge in [-0.1, -0.05) is 23.8 Å². The minimum absolute atomic E-state index is 0.190. The zero-order valence-electron chi connectivity index (χ0n) is 12.3. The van der Waals surface area contributed by atoms with E-state index in [0.29, 0.717) is 12.1 Å². The van der Waals surface area contributed by atoms with Crippen LogP contribution in [0.4, 0.5) is 0 Å². The van der Waals surface area contributed by atoms with Crippen LogP contribution in [0, 0.1) is 20.8 Å². The Morgan fingerprint density at radius 2 is 1.70 bits per heavy atom. The molecule has 0 saturated heterocycles. The van der Waals surface area contributed by atoms with E-state index in [2.05, 4.69) is 50.0 Å². The standard InChI is InChI=1S/C18H19NO/c1-11-9-12(2)17(13(3)10-11)15-8-7-14-5-4-6-16(20)18(14)19-15/h7-10H,4-6H2,1-3H3. The molecule has 1 aromatic heterocycles. The lowest BCUT2D eigenvalue weighted by atomic mass is 9.92. The Morgan fingerprint density at radius 1 is 1.00 bits per heavy atom. The molecular formula is C18H19NO. The van der Waals surface area contributed by atoms with Crippen LogP contribution in [-0.2, 0) is 6.42 Å². The second-order valence-corrected chi connectivity index (χ2v) is 5.75. The van der Waals surface area contributed by atoms with Gasteiger partial charge in [0, 0.05) is 12.0 Å². The van der Waals surface area contributed by atoms with E-state index in [4.69, 9.17) is 0 Å². The first-order chi connectivity index (χ1) is 9.56. The zero-order valence-corrected chi connectivity index (χ0v) is 12.3. The Morgan fingerprint density at radius 3 is 2.40 bits per heavy atom. The van der Waals surface area contributed by atoms with Crippen molar-refractivity contribution in [2.24, 2.45) is 0 Å². The summed E-state index contributed by atoms with van der Waals surface area (Å²) in [5.41, 5.74) is 7.58. The number of rotatable bonds is 1. The number of carbonyl (C=O) groups is 1. The van der Waals surface area contributed by atoms with Crippen molar-refractivity contribution in [3.63, 3.8) is 0 Å². The van der Waals surface area contributed by atoms with E-state index >= 15 is 0 Å². The Kier molecular flexibility index (Phi) is 3.17. The van der Waals surface area contributed by atoms with Crippen molar-refractivity contribution >= 4 is 5.78 Å². The van der Waals surface area contributed by atoms with Crippen LogP contribution >= 0.6 is 0 Å². The van der Waals surface area contributed by atoms with Gasteiger partial charge in [-0.2, -0.15) is 0 Å². The Bertz CT molecular complexity index is 678. The SMILES string of the molecule is Cc1cc(C)c(-c2ccc3c(n2)C(=O)CCC3)c(C)c1. The van der Waals surface area contributed by atoms with Gasteiger partial charge >= 0.3 is 0 Å². The summed E-state index contributed by atoms with van der Waals surface area (Å²) in [5.74, 6) is 0.190. The summed E-state index contributed by atoms with van der Waals surface area (Å²) in [7, 11) is 0. The van der Waals surface area contributed by atoms with E-state index in [1.165, 1.54) is 16.7 Å². The van der Waals surface area contributed by atoms with E-state index in [-0.39, 0.29) is 5.78 Å². The predicted octanol–water partition coefficient (Wildman–Crippen LogP) is 4.19. The quantitative estimate of drug-likeness (QED) is 0.773. The first kappa shape index (κ1) is 13.0. The van der Waals surface area contributed by atoms with Crippen LogP contribution in [0.25, 0.3) is 11.3 Å². The number of hydrogen-bond acceptors (Lipinski definition) is 2. The fourth-order valence-electron chi connectivity index (χ4n) is 3.21. The van der Waals surface area contributed by atoms with Gasteiger partial charge in [-0.25, -0.2) is 4.98 Å². The molecule has 2 nitrogen and oxygen atoms in total. The van der Waals surface area contributed by atoms with Crippen molar-refractivity contribution in [1.82, 2.24) is 4.98 Å². The minimum atomic E-state index is 0.190. The third-order valence-corrected chi connectivity index (χ3v) is 4.03. The number of nitrogens with zero attached hydrogens (tertiary/aromatic N) is 1. The molecule has 3 rings (SSSR count). The second kappa shape index (κ2) is 4.86. The van der Waals surface area contributed by atoms with Gasteiger partial charge in [-0.15, -0.1) is 0 Å².